The Bertz CT molecular complexity index is 659. The van der Waals surface area contributed by atoms with Crippen LogP contribution in [0.4, 0.5) is 0 Å². The fourth-order valence-electron chi connectivity index (χ4n) is 5.21. The van der Waals surface area contributed by atoms with E-state index in [2.05, 4.69) is 52.0 Å². The number of hydrogen-bond donors (Lipinski definition) is 0. The first-order valence-electron chi connectivity index (χ1n) is 10.7. The summed E-state index contributed by atoms with van der Waals surface area (Å²) >= 11 is 0. The minimum absolute atomic E-state index is 0.748. The van der Waals surface area contributed by atoms with Gasteiger partial charge in [0.25, 0.3) is 0 Å². The number of allylic oxidation sites excluding steroid dienone is 4. The van der Waals surface area contributed by atoms with Crippen LogP contribution < -0.4 is 0 Å². The molecule has 1 aromatic carbocycles. The zero-order valence-electron chi connectivity index (χ0n) is 16.8. The number of benzene rings is 1. The normalized spacial score (nSPS) is 21.3. The Morgan fingerprint density at radius 1 is 1.12 bits per heavy atom. The van der Waals surface area contributed by atoms with Crippen molar-refractivity contribution < 1.29 is 0 Å². The van der Waals surface area contributed by atoms with E-state index in [-0.39, 0.29) is 0 Å². The second-order valence-corrected chi connectivity index (χ2v) is 8.18. The van der Waals surface area contributed by atoms with Crippen molar-refractivity contribution >= 4 is 0 Å². The van der Waals surface area contributed by atoms with Gasteiger partial charge < -0.3 is 0 Å². The first kappa shape index (κ1) is 18.5. The van der Waals surface area contributed by atoms with E-state index in [1.807, 2.05) is 0 Å². The molecule has 0 aliphatic heterocycles. The van der Waals surface area contributed by atoms with E-state index in [4.69, 9.17) is 0 Å². The van der Waals surface area contributed by atoms with Crippen LogP contribution in [0.25, 0.3) is 0 Å². The van der Waals surface area contributed by atoms with Gasteiger partial charge in [0.15, 0.2) is 0 Å². The van der Waals surface area contributed by atoms with Gasteiger partial charge in [0.2, 0.25) is 0 Å². The van der Waals surface area contributed by atoms with Crippen molar-refractivity contribution in [3.05, 3.63) is 57.7 Å². The molecule has 0 nitrogen and oxygen atoms in total. The Morgan fingerprint density at radius 2 is 1.96 bits per heavy atom. The molecule has 0 saturated heterocycles. The Morgan fingerprint density at radius 3 is 2.68 bits per heavy atom. The van der Waals surface area contributed by atoms with E-state index in [0.29, 0.717) is 0 Å². The summed E-state index contributed by atoms with van der Waals surface area (Å²) in [7, 11) is 0. The van der Waals surface area contributed by atoms with E-state index in [1.54, 1.807) is 33.4 Å². The highest BCUT2D eigenvalue weighted by molar-refractivity contribution is 5.44. The second-order valence-electron chi connectivity index (χ2n) is 8.18. The van der Waals surface area contributed by atoms with Crippen LogP contribution in [0.5, 0.6) is 0 Å². The highest BCUT2D eigenvalue weighted by Gasteiger charge is 2.28. The van der Waals surface area contributed by atoms with Crippen molar-refractivity contribution in [3.8, 4) is 0 Å². The highest BCUT2D eigenvalue weighted by Crippen LogP contribution is 2.43. The average Bonchev–Trinajstić information content (AvgIpc) is 3.04. The molecule has 1 aromatic rings. The van der Waals surface area contributed by atoms with E-state index < -0.39 is 0 Å². The summed E-state index contributed by atoms with van der Waals surface area (Å²) in [5.74, 6) is 1.51. The van der Waals surface area contributed by atoms with Gasteiger partial charge in [-0.05, 0) is 98.0 Å². The zero-order valence-corrected chi connectivity index (χ0v) is 16.8. The molecule has 1 fully saturated rings. The molecule has 0 heterocycles. The maximum atomic E-state index is 2.54. The van der Waals surface area contributed by atoms with E-state index in [1.165, 1.54) is 57.8 Å². The van der Waals surface area contributed by atoms with Crippen LogP contribution in [0, 0.1) is 5.92 Å². The van der Waals surface area contributed by atoms with Gasteiger partial charge >= 0.3 is 0 Å². The van der Waals surface area contributed by atoms with Crippen LogP contribution in [0.3, 0.4) is 0 Å². The monoisotopic (exact) mass is 336 g/mol. The summed E-state index contributed by atoms with van der Waals surface area (Å²) in [5, 5.41) is 0. The fourth-order valence-corrected chi connectivity index (χ4v) is 5.21. The molecule has 0 radical (unpaired) electrons. The molecule has 25 heavy (non-hydrogen) atoms. The fraction of sp³-hybridized carbons (Fsp3) is 0.600. The van der Waals surface area contributed by atoms with Crippen molar-refractivity contribution in [1.82, 2.24) is 0 Å². The van der Waals surface area contributed by atoms with Crippen LogP contribution in [0.15, 0.2) is 41.0 Å². The van der Waals surface area contributed by atoms with Crippen molar-refractivity contribution in [2.75, 3.05) is 0 Å². The summed E-state index contributed by atoms with van der Waals surface area (Å²) in [6.07, 6.45) is 14.0. The van der Waals surface area contributed by atoms with Crippen molar-refractivity contribution in [2.45, 2.75) is 91.4 Å². The van der Waals surface area contributed by atoms with Gasteiger partial charge in [-0.2, -0.15) is 0 Å². The summed E-state index contributed by atoms with van der Waals surface area (Å²) in [4.78, 5) is 0. The van der Waals surface area contributed by atoms with Gasteiger partial charge in [0.05, 0.1) is 0 Å². The quantitative estimate of drug-likeness (QED) is 0.482. The summed E-state index contributed by atoms with van der Waals surface area (Å²) in [5.41, 5.74) is 9.85. The minimum Gasteiger partial charge on any atom is -0.0807 e. The summed E-state index contributed by atoms with van der Waals surface area (Å²) in [6.45, 7) is 9.36. The highest BCUT2D eigenvalue weighted by atomic mass is 14.3. The molecular weight excluding hydrogens is 300 g/mol. The van der Waals surface area contributed by atoms with Crippen molar-refractivity contribution in [3.63, 3.8) is 0 Å². The van der Waals surface area contributed by atoms with Crippen LogP contribution in [-0.4, -0.2) is 0 Å². The molecule has 2 unspecified atom stereocenters. The molecule has 1 saturated carbocycles. The third kappa shape index (κ3) is 3.94. The topological polar surface area (TPSA) is 0 Å². The molecule has 2 aliphatic carbocycles. The predicted octanol–water partition coefficient (Wildman–Crippen LogP) is 7.53. The Hall–Kier alpha value is -1.30. The molecule has 2 atom stereocenters. The molecule has 0 spiro atoms. The Kier molecular flexibility index (Phi) is 6.20. The lowest BCUT2D eigenvalue weighted by Crippen LogP contribution is -2.08. The van der Waals surface area contributed by atoms with Gasteiger partial charge in [-0.3, -0.25) is 0 Å². The average molecular weight is 337 g/mol. The molecule has 2 aliphatic rings. The number of fused-ring (bicyclic) bond motifs is 1. The van der Waals surface area contributed by atoms with Crippen LogP contribution in [-0.2, 0) is 12.8 Å². The SMILES string of the molecule is CCCC(CC)c1ccc(CC2CCC3=CCCC(C)=C32)cc1CC. The van der Waals surface area contributed by atoms with Crippen LogP contribution in [0.2, 0.25) is 0 Å². The molecular formula is C25H36. The third-order valence-corrected chi connectivity index (χ3v) is 6.53. The molecule has 0 N–H and O–H groups in total. The minimum atomic E-state index is 0.748. The van der Waals surface area contributed by atoms with Crippen LogP contribution >= 0.6 is 0 Å². The summed E-state index contributed by atoms with van der Waals surface area (Å²) in [6, 6.07) is 7.44. The van der Waals surface area contributed by atoms with Crippen LogP contribution in [0.1, 0.15) is 95.2 Å². The molecule has 0 heteroatoms. The lowest BCUT2D eigenvalue weighted by molar-refractivity contribution is 0.589. The van der Waals surface area contributed by atoms with Crippen molar-refractivity contribution in [1.29, 1.82) is 0 Å². The molecule has 0 bridgehead atoms. The lowest BCUT2D eigenvalue weighted by Gasteiger charge is -2.22. The molecule has 3 rings (SSSR count). The van der Waals surface area contributed by atoms with Gasteiger partial charge in [-0.1, -0.05) is 57.0 Å². The molecule has 136 valence electrons. The third-order valence-electron chi connectivity index (χ3n) is 6.53. The van der Waals surface area contributed by atoms with Gasteiger partial charge in [0, 0.05) is 0 Å². The maximum Gasteiger partial charge on any atom is -0.0116 e. The number of aryl methyl sites for hydroxylation is 1. The second kappa shape index (κ2) is 8.39. The molecule has 0 amide bonds. The first-order valence-corrected chi connectivity index (χ1v) is 10.7. The van der Waals surface area contributed by atoms with Gasteiger partial charge in [-0.15, -0.1) is 0 Å². The lowest BCUT2D eigenvalue weighted by atomic mass is 9.83. The standard InChI is InChI=1S/C25H36/c1-5-9-20(6-2)24-15-12-19(16-21(24)7-3)17-23-14-13-22-11-8-10-18(4)25(22)23/h11-12,15-16,20,23H,5-10,13-14,17H2,1-4H3. The van der Waals surface area contributed by atoms with E-state index in [0.717, 1.165) is 11.8 Å². The summed E-state index contributed by atoms with van der Waals surface area (Å²) < 4.78 is 0. The zero-order chi connectivity index (χ0) is 17.8. The largest absolute Gasteiger partial charge is 0.0807 e. The maximum absolute atomic E-state index is 2.54. The van der Waals surface area contributed by atoms with Gasteiger partial charge in [0.1, 0.15) is 0 Å². The number of rotatable bonds is 7. The predicted molar refractivity (Wildman–Crippen MR) is 110 cm³/mol. The molecule has 0 aromatic heterocycles. The van der Waals surface area contributed by atoms with Crippen molar-refractivity contribution in [2.24, 2.45) is 5.92 Å². The Balaban J connectivity index is 1.81. The van der Waals surface area contributed by atoms with E-state index >= 15 is 0 Å². The smallest absolute Gasteiger partial charge is 0.0116 e. The first-order chi connectivity index (χ1) is 12.2. The Labute approximate surface area is 155 Å². The van der Waals surface area contributed by atoms with Gasteiger partial charge in [-0.25, -0.2) is 0 Å². The van der Waals surface area contributed by atoms with E-state index in [9.17, 15) is 0 Å². The number of hydrogen-bond acceptors (Lipinski definition) is 0.